The van der Waals surface area contributed by atoms with Crippen molar-refractivity contribution < 1.29 is 14.3 Å². The number of ether oxygens (including phenoxy) is 1. The summed E-state index contributed by atoms with van der Waals surface area (Å²) in [6, 6.07) is 13.2. The van der Waals surface area contributed by atoms with Gasteiger partial charge in [-0.25, -0.2) is 0 Å². The third-order valence-electron chi connectivity index (χ3n) is 3.43. The molecule has 5 heteroatoms. The van der Waals surface area contributed by atoms with Gasteiger partial charge in [-0.3, -0.25) is 0 Å². The summed E-state index contributed by atoms with van der Waals surface area (Å²) in [6.45, 7) is 1.18. The van der Waals surface area contributed by atoms with Gasteiger partial charge in [0.2, 0.25) is 0 Å². The van der Waals surface area contributed by atoms with Crippen molar-refractivity contribution in [3.8, 4) is 11.7 Å². The number of para-hydroxylation sites is 1. The van der Waals surface area contributed by atoms with Gasteiger partial charge in [0.25, 0.3) is 5.95 Å². The smallest absolute Gasteiger partial charge is 0.290 e. The second-order valence-corrected chi connectivity index (χ2v) is 6.37. The van der Waals surface area contributed by atoms with E-state index in [0.717, 1.165) is 29.4 Å². The van der Waals surface area contributed by atoms with Crippen LogP contribution in [-0.4, -0.2) is 28.8 Å². The molecule has 0 spiro atoms. The monoisotopic (exact) mass is 305 g/mol. The predicted molar refractivity (Wildman–Crippen MR) is 83.8 cm³/mol. The standard InChI is InChI=1S/C16H19NO3S/c18-16(8-9-21-12-16)11-17-10-14-6-7-15(20-14)19-13-4-2-1-3-5-13/h1-7,17-18H,8-12H2/t16-/m0/s1. The lowest BCUT2D eigenvalue weighted by Gasteiger charge is -2.21. The Morgan fingerprint density at radius 3 is 2.86 bits per heavy atom. The number of aliphatic hydroxyl groups is 1. The van der Waals surface area contributed by atoms with Gasteiger partial charge >= 0.3 is 0 Å². The van der Waals surface area contributed by atoms with E-state index in [1.54, 1.807) is 11.8 Å². The normalized spacial score (nSPS) is 21.6. The highest BCUT2D eigenvalue weighted by atomic mass is 32.2. The van der Waals surface area contributed by atoms with Crippen LogP contribution in [0.5, 0.6) is 11.7 Å². The molecule has 3 rings (SSSR count). The quantitative estimate of drug-likeness (QED) is 0.859. The zero-order valence-electron chi connectivity index (χ0n) is 11.7. The van der Waals surface area contributed by atoms with E-state index in [0.29, 0.717) is 19.0 Å². The van der Waals surface area contributed by atoms with E-state index in [4.69, 9.17) is 9.15 Å². The number of thioether (sulfide) groups is 1. The second-order valence-electron chi connectivity index (χ2n) is 5.27. The van der Waals surface area contributed by atoms with Crippen LogP contribution in [0.25, 0.3) is 0 Å². The van der Waals surface area contributed by atoms with E-state index in [-0.39, 0.29) is 0 Å². The fourth-order valence-electron chi connectivity index (χ4n) is 2.27. The van der Waals surface area contributed by atoms with E-state index >= 15 is 0 Å². The van der Waals surface area contributed by atoms with Crippen LogP contribution in [0.15, 0.2) is 46.9 Å². The molecule has 1 atom stereocenters. The lowest BCUT2D eigenvalue weighted by Crippen LogP contribution is -2.40. The van der Waals surface area contributed by atoms with Crippen molar-refractivity contribution in [3.63, 3.8) is 0 Å². The lowest BCUT2D eigenvalue weighted by molar-refractivity contribution is 0.0669. The first-order chi connectivity index (χ1) is 10.2. The Bertz CT molecular complexity index is 564. The summed E-state index contributed by atoms with van der Waals surface area (Å²) < 4.78 is 11.2. The summed E-state index contributed by atoms with van der Waals surface area (Å²) in [4.78, 5) is 0. The highest BCUT2D eigenvalue weighted by Crippen LogP contribution is 2.27. The van der Waals surface area contributed by atoms with Gasteiger partial charge in [-0.2, -0.15) is 11.8 Å². The van der Waals surface area contributed by atoms with Crippen LogP contribution in [0.4, 0.5) is 0 Å². The summed E-state index contributed by atoms with van der Waals surface area (Å²) >= 11 is 1.80. The minimum Gasteiger partial charge on any atom is -0.429 e. The summed E-state index contributed by atoms with van der Waals surface area (Å²) in [7, 11) is 0. The van der Waals surface area contributed by atoms with E-state index < -0.39 is 5.60 Å². The van der Waals surface area contributed by atoms with Gasteiger partial charge in [-0.05, 0) is 30.4 Å². The van der Waals surface area contributed by atoms with Crippen LogP contribution in [0.2, 0.25) is 0 Å². The molecule has 0 saturated carbocycles. The van der Waals surface area contributed by atoms with Crippen LogP contribution in [0, 0.1) is 0 Å². The minimum atomic E-state index is -0.569. The van der Waals surface area contributed by atoms with Crippen LogP contribution in [-0.2, 0) is 6.54 Å². The minimum absolute atomic E-state index is 0.480. The van der Waals surface area contributed by atoms with E-state index in [9.17, 15) is 5.11 Å². The van der Waals surface area contributed by atoms with E-state index in [1.807, 2.05) is 42.5 Å². The fraction of sp³-hybridized carbons (Fsp3) is 0.375. The molecular formula is C16H19NO3S. The maximum atomic E-state index is 10.2. The number of hydrogen-bond donors (Lipinski definition) is 2. The maximum absolute atomic E-state index is 10.2. The average molecular weight is 305 g/mol. The van der Waals surface area contributed by atoms with Gasteiger partial charge in [0.15, 0.2) is 0 Å². The molecule has 21 heavy (non-hydrogen) atoms. The third-order valence-corrected chi connectivity index (χ3v) is 4.67. The number of hydrogen-bond acceptors (Lipinski definition) is 5. The molecule has 2 N–H and O–H groups in total. The Balaban J connectivity index is 1.49. The maximum Gasteiger partial charge on any atom is 0.290 e. The van der Waals surface area contributed by atoms with Crippen LogP contribution in [0.1, 0.15) is 12.2 Å². The summed E-state index contributed by atoms with van der Waals surface area (Å²) in [5, 5.41) is 13.5. The third kappa shape index (κ3) is 4.03. The van der Waals surface area contributed by atoms with Gasteiger partial charge in [0.05, 0.1) is 12.1 Å². The van der Waals surface area contributed by atoms with Gasteiger partial charge in [0.1, 0.15) is 11.5 Å². The van der Waals surface area contributed by atoms with Crippen molar-refractivity contribution in [1.29, 1.82) is 0 Å². The summed E-state index contributed by atoms with van der Waals surface area (Å²) in [6.07, 6.45) is 0.852. The molecule has 0 unspecified atom stereocenters. The largest absolute Gasteiger partial charge is 0.429 e. The molecular weight excluding hydrogens is 286 g/mol. The zero-order valence-corrected chi connectivity index (χ0v) is 12.6. The van der Waals surface area contributed by atoms with E-state index in [1.165, 1.54) is 0 Å². The van der Waals surface area contributed by atoms with Crippen molar-refractivity contribution in [2.45, 2.75) is 18.6 Å². The van der Waals surface area contributed by atoms with Gasteiger partial charge in [-0.15, -0.1) is 0 Å². The Morgan fingerprint density at radius 1 is 1.24 bits per heavy atom. The van der Waals surface area contributed by atoms with Gasteiger partial charge in [0, 0.05) is 18.4 Å². The van der Waals surface area contributed by atoms with Crippen molar-refractivity contribution in [3.05, 3.63) is 48.2 Å². The van der Waals surface area contributed by atoms with Crippen LogP contribution in [0.3, 0.4) is 0 Å². The molecule has 0 aliphatic carbocycles. The number of nitrogens with one attached hydrogen (secondary N) is 1. The van der Waals surface area contributed by atoms with Gasteiger partial charge < -0.3 is 19.6 Å². The zero-order chi connectivity index (χ0) is 14.5. The van der Waals surface area contributed by atoms with Crippen molar-refractivity contribution >= 4 is 11.8 Å². The molecule has 0 amide bonds. The fourth-order valence-corrected chi connectivity index (χ4v) is 3.56. The Labute approximate surface area is 128 Å². The molecule has 1 saturated heterocycles. The molecule has 1 aliphatic rings. The summed E-state index contributed by atoms with van der Waals surface area (Å²) in [5.74, 6) is 3.88. The molecule has 4 nitrogen and oxygen atoms in total. The van der Waals surface area contributed by atoms with Crippen LogP contribution >= 0.6 is 11.8 Å². The highest BCUT2D eigenvalue weighted by molar-refractivity contribution is 7.99. The first kappa shape index (κ1) is 14.5. The van der Waals surface area contributed by atoms with Crippen molar-refractivity contribution in [2.75, 3.05) is 18.1 Å². The molecule has 0 radical (unpaired) electrons. The summed E-state index contributed by atoms with van der Waals surface area (Å²) in [5.41, 5.74) is -0.569. The van der Waals surface area contributed by atoms with Crippen molar-refractivity contribution in [2.24, 2.45) is 0 Å². The lowest BCUT2D eigenvalue weighted by atomic mass is 10.0. The first-order valence-corrected chi connectivity index (χ1v) is 8.21. The number of furan rings is 1. The van der Waals surface area contributed by atoms with Crippen LogP contribution < -0.4 is 10.1 Å². The first-order valence-electron chi connectivity index (χ1n) is 7.06. The number of benzene rings is 1. The van der Waals surface area contributed by atoms with E-state index in [2.05, 4.69) is 5.32 Å². The average Bonchev–Trinajstić information content (AvgIpc) is 3.10. The molecule has 1 aromatic heterocycles. The Kier molecular flexibility index (Phi) is 4.53. The number of rotatable bonds is 6. The molecule has 1 aliphatic heterocycles. The topological polar surface area (TPSA) is 54.6 Å². The molecule has 1 aromatic carbocycles. The molecule has 1 fully saturated rings. The van der Waals surface area contributed by atoms with Gasteiger partial charge in [-0.1, -0.05) is 18.2 Å². The Morgan fingerprint density at radius 2 is 2.10 bits per heavy atom. The highest BCUT2D eigenvalue weighted by Gasteiger charge is 2.31. The second kappa shape index (κ2) is 6.56. The Hall–Kier alpha value is -1.43. The molecule has 2 aromatic rings. The van der Waals surface area contributed by atoms with Crippen molar-refractivity contribution in [1.82, 2.24) is 5.32 Å². The predicted octanol–water partition coefficient (Wildman–Crippen LogP) is 3.03. The molecule has 112 valence electrons. The SMILES string of the molecule is O[C@]1(CNCc2ccc(Oc3ccccc3)o2)CCSC1. The molecule has 0 bridgehead atoms. The molecule has 2 heterocycles.